The Morgan fingerprint density at radius 3 is 2.68 bits per heavy atom. The molecule has 4 aromatic rings. The normalized spacial score (nSPS) is 11.0. The number of hydrogen-bond donors (Lipinski definition) is 1. The summed E-state index contributed by atoms with van der Waals surface area (Å²) in [6, 6.07) is 8.87. The van der Waals surface area contributed by atoms with Crippen LogP contribution in [0.4, 0.5) is 20.3 Å². The van der Waals surface area contributed by atoms with E-state index < -0.39 is 11.6 Å². The number of nitrogens with zero attached hydrogens (tertiary/aromatic N) is 4. The Kier molecular flexibility index (Phi) is 3.81. The van der Waals surface area contributed by atoms with Gasteiger partial charge in [0.2, 0.25) is 0 Å². The first-order valence-electron chi connectivity index (χ1n) is 7.61. The summed E-state index contributed by atoms with van der Waals surface area (Å²) in [7, 11) is 0. The van der Waals surface area contributed by atoms with Gasteiger partial charge >= 0.3 is 0 Å². The van der Waals surface area contributed by atoms with Crippen molar-refractivity contribution < 1.29 is 8.78 Å². The van der Waals surface area contributed by atoms with Gasteiger partial charge in [0.1, 0.15) is 17.5 Å². The molecule has 1 aromatic carbocycles. The van der Waals surface area contributed by atoms with Crippen LogP contribution in [0.2, 0.25) is 0 Å². The number of fused-ring (bicyclic) bond motifs is 1. The molecule has 5 nitrogen and oxygen atoms in total. The second-order valence-electron chi connectivity index (χ2n) is 5.53. The van der Waals surface area contributed by atoms with Crippen LogP contribution in [0, 0.1) is 11.6 Å². The molecule has 4 rings (SSSR count). The Morgan fingerprint density at radius 1 is 1.00 bits per heavy atom. The minimum atomic E-state index is -0.477. The van der Waals surface area contributed by atoms with Gasteiger partial charge in [-0.15, -0.1) is 0 Å². The Hall–Kier alpha value is -3.35. The molecule has 0 aliphatic rings. The zero-order valence-electron chi connectivity index (χ0n) is 13.0. The lowest BCUT2D eigenvalue weighted by atomic mass is 10.2. The molecule has 0 aliphatic heterocycles. The smallest absolute Gasteiger partial charge is 0.132 e. The standard InChI is InChI=1S/C18H13F2N5/c19-14-1-2-16(20)12(7-14)11-25-17-8-18(22-9-13(17)10-23-25)24-15-3-5-21-6-4-15/h1-10H,11H2,(H,21,22,24). The molecule has 0 amide bonds. The van der Waals surface area contributed by atoms with Gasteiger partial charge in [-0.2, -0.15) is 5.10 Å². The number of nitrogens with one attached hydrogen (secondary N) is 1. The van der Waals surface area contributed by atoms with Crippen molar-refractivity contribution in [2.75, 3.05) is 5.32 Å². The number of hydrogen-bond acceptors (Lipinski definition) is 4. The Bertz CT molecular complexity index is 1030. The maximum atomic E-state index is 13.9. The molecule has 0 spiro atoms. The maximum absolute atomic E-state index is 13.9. The molecule has 0 saturated carbocycles. The van der Waals surface area contributed by atoms with Crippen molar-refractivity contribution in [3.8, 4) is 0 Å². The quantitative estimate of drug-likeness (QED) is 0.614. The van der Waals surface area contributed by atoms with E-state index in [1.165, 1.54) is 6.07 Å². The van der Waals surface area contributed by atoms with Crippen molar-refractivity contribution in [3.63, 3.8) is 0 Å². The highest BCUT2D eigenvalue weighted by atomic mass is 19.1. The molecular formula is C18H13F2N5. The van der Waals surface area contributed by atoms with E-state index in [1.807, 2.05) is 18.2 Å². The van der Waals surface area contributed by atoms with Gasteiger partial charge < -0.3 is 5.32 Å². The molecule has 0 radical (unpaired) electrons. The van der Waals surface area contributed by atoms with Crippen LogP contribution in [0.5, 0.6) is 0 Å². The molecular weight excluding hydrogens is 324 g/mol. The van der Waals surface area contributed by atoms with Gasteiger partial charge in [0, 0.05) is 41.3 Å². The van der Waals surface area contributed by atoms with Gasteiger partial charge in [0.05, 0.1) is 18.3 Å². The highest BCUT2D eigenvalue weighted by molar-refractivity contribution is 5.81. The number of benzene rings is 1. The first-order chi connectivity index (χ1) is 12.2. The number of anilines is 2. The van der Waals surface area contributed by atoms with E-state index in [4.69, 9.17) is 0 Å². The fourth-order valence-corrected chi connectivity index (χ4v) is 2.58. The zero-order valence-corrected chi connectivity index (χ0v) is 13.0. The van der Waals surface area contributed by atoms with Crippen molar-refractivity contribution in [1.29, 1.82) is 0 Å². The molecule has 0 unspecified atom stereocenters. The predicted molar refractivity (Wildman–Crippen MR) is 90.5 cm³/mol. The van der Waals surface area contributed by atoms with Crippen LogP contribution in [-0.4, -0.2) is 19.7 Å². The van der Waals surface area contributed by atoms with Crippen molar-refractivity contribution in [1.82, 2.24) is 19.7 Å². The highest BCUT2D eigenvalue weighted by Gasteiger charge is 2.09. The van der Waals surface area contributed by atoms with E-state index >= 15 is 0 Å². The molecule has 3 heterocycles. The predicted octanol–water partition coefficient (Wildman–Crippen LogP) is 3.90. The van der Waals surface area contributed by atoms with Crippen LogP contribution in [-0.2, 0) is 6.54 Å². The number of rotatable bonds is 4. The van der Waals surface area contributed by atoms with E-state index in [2.05, 4.69) is 20.4 Å². The first kappa shape index (κ1) is 15.2. The SMILES string of the molecule is Fc1ccc(F)c(Cn2ncc3cnc(Nc4ccncc4)cc32)c1. The lowest BCUT2D eigenvalue weighted by Gasteiger charge is -2.08. The molecule has 0 bridgehead atoms. The van der Waals surface area contributed by atoms with Crippen molar-refractivity contribution in [3.05, 3.63) is 78.4 Å². The summed E-state index contributed by atoms with van der Waals surface area (Å²) in [5, 5.41) is 8.25. The number of pyridine rings is 2. The zero-order chi connectivity index (χ0) is 17.2. The van der Waals surface area contributed by atoms with Crippen LogP contribution < -0.4 is 5.32 Å². The van der Waals surface area contributed by atoms with Crippen molar-refractivity contribution in [2.45, 2.75) is 6.54 Å². The Morgan fingerprint density at radius 2 is 1.84 bits per heavy atom. The largest absolute Gasteiger partial charge is 0.340 e. The number of aromatic nitrogens is 4. The van der Waals surface area contributed by atoms with E-state index in [1.54, 1.807) is 29.5 Å². The lowest BCUT2D eigenvalue weighted by molar-refractivity contribution is 0.570. The minimum Gasteiger partial charge on any atom is -0.340 e. The Balaban J connectivity index is 1.68. The van der Waals surface area contributed by atoms with Crippen LogP contribution >= 0.6 is 0 Å². The molecule has 3 aromatic heterocycles. The summed E-state index contributed by atoms with van der Waals surface area (Å²) < 4.78 is 28.9. The molecule has 0 atom stereocenters. The Labute approximate surface area is 142 Å². The van der Waals surface area contributed by atoms with Crippen LogP contribution in [0.15, 0.2) is 61.2 Å². The number of halogens is 2. The minimum absolute atomic E-state index is 0.131. The third kappa shape index (κ3) is 3.16. The fourth-order valence-electron chi connectivity index (χ4n) is 2.58. The van der Waals surface area contributed by atoms with E-state index in [-0.39, 0.29) is 12.1 Å². The van der Waals surface area contributed by atoms with E-state index in [0.29, 0.717) is 5.82 Å². The van der Waals surface area contributed by atoms with Crippen LogP contribution in [0.3, 0.4) is 0 Å². The molecule has 124 valence electrons. The first-order valence-corrected chi connectivity index (χ1v) is 7.61. The highest BCUT2D eigenvalue weighted by Crippen LogP contribution is 2.21. The summed E-state index contributed by atoms with van der Waals surface area (Å²) in [4.78, 5) is 8.30. The second-order valence-corrected chi connectivity index (χ2v) is 5.53. The van der Waals surface area contributed by atoms with Crippen LogP contribution in [0.25, 0.3) is 10.9 Å². The van der Waals surface area contributed by atoms with Crippen molar-refractivity contribution in [2.24, 2.45) is 0 Å². The van der Waals surface area contributed by atoms with Gasteiger partial charge in [-0.3, -0.25) is 9.67 Å². The molecule has 0 fully saturated rings. The summed E-state index contributed by atoms with van der Waals surface area (Å²) in [5.74, 6) is -0.316. The molecule has 0 saturated heterocycles. The van der Waals surface area contributed by atoms with E-state index in [0.717, 1.165) is 28.7 Å². The molecule has 7 heteroatoms. The topological polar surface area (TPSA) is 55.6 Å². The fraction of sp³-hybridized carbons (Fsp3) is 0.0556. The van der Waals surface area contributed by atoms with Gasteiger partial charge in [-0.05, 0) is 30.3 Å². The monoisotopic (exact) mass is 337 g/mol. The van der Waals surface area contributed by atoms with Crippen molar-refractivity contribution >= 4 is 22.4 Å². The average molecular weight is 337 g/mol. The molecule has 0 aliphatic carbocycles. The van der Waals surface area contributed by atoms with Gasteiger partial charge in [0.25, 0.3) is 0 Å². The molecule has 1 N–H and O–H groups in total. The van der Waals surface area contributed by atoms with Gasteiger partial charge in [0.15, 0.2) is 0 Å². The van der Waals surface area contributed by atoms with Gasteiger partial charge in [-0.1, -0.05) is 0 Å². The second kappa shape index (κ2) is 6.27. The summed E-state index contributed by atoms with van der Waals surface area (Å²) in [5.41, 5.74) is 1.87. The third-order valence-electron chi connectivity index (χ3n) is 3.81. The summed E-state index contributed by atoms with van der Waals surface area (Å²) in [6.45, 7) is 0.131. The van der Waals surface area contributed by atoms with Gasteiger partial charge in [-0.25, -0.2) is 13.8 Å². The van der Waals surface area contributed by atoms with E-state index in [9.17, 15) is 8.78 Å². The summed E-state index contributed by atoms with van der Waals surface area (Å²) in [6.07, 6.45) is 6.69. The summed E-state index contributed by atoms with van der Waals surface area (Å²) >= 11 is 0. The van der Waals surface area contributed by atoms with Crippen LogP contribution in [0.1, 0.15) is 5.56 Å². The third-order valence-corrected chi connectivity index (χ3v) is 3.81. The molecule has 25 heavy (non-hydrogen) atoms. The average Bonchev–Trinajstić information content (AvgIpc) is 3.01. The lowest BCUT2D eigenvalue weighted by Crippen LogP contribution is -2.04. The maximum Gasteiger partial charge on any atom is 0.132 e.